The van der Waals surface area contributed by atoms with Gasteiger partial charge in [0.05, 0.1) is 6.04 Å². The van der Waals surface area contributed by atoms with Crippen LogP contribution in [0, 0.1) is 0 Å². The van der Waals surface area contributed by atoms with Gasteiger partial charge in [-0.25, -0.2) is 0 Å². The maximum Gasteiger partial charge on any atom is 0.253 e. The summed E-state index contributed by atoms with van der Waals surface area (Å²) in [5, 5.41) is 3.00. The Morgan fingerprint density at radius 1 is 0.846 bits per heavy atom. The molecule has 0 aromatic heterocycles. The van der Waals surface area contributed by atoms with Crippen molar-refractivity contribution in [1.29, 1.82) is 0 Å². The predicted molar refractivity (Wildman–Crippen MR) is 103 cm³/mol. The van der Waals surface area contributed by atoms with Gasteiger partial charge in [0.15, 0.2) is 0 Å². The molecule has 1 heterocycles. The Bertz CT molecular complexity index is 732. The highest BCUT2D eigenvalue weighted by Gasteiger charge is 2.18. The molecule has 26 heavy (non-hydrogen) atoms. The Morgan fingerprint density at radius 3 is 2.04 bits per heavy atom. The molecule has 2 amide bonds. The first-order valence-corrected chi connectivity index (χ1v) is 9.40. The highest BCUT2D eigenvalue weighted by atomic mass is 16.2. The van der Waals surface area contributed by atoms with Crippen molar-refractivity contribution >= 4 is 11.8 Å². The third kappa shape index (κ3) is 4.51. The molecule has 0 spiro atoms. The van der Waals surface area contributed by atoms with E-state index in [-0.39, 0.29) is 17.9 Å². The fourth-order valence-corrected chi connectivity index (χ4v) is 3.33. The SMILES string of the molecule is CC(NC(=O)c1ccc(C(=O)N2CCCCCC2)cc1)c1ccccc1. The zero-order chi connectivity index (χ0) is 18.4. The summed E-state index contributed by atoms with van der Waals surface area (Å²) in [4.78, 5) is 27.0. The van der Waals surface area contributed by atoms with Gasteiger partial charge in [-0.05, 0) is 49.6 Å². The van der Waals surface area contributed by atoms with Crippen LogP contribution in [-0.4, -0.2) is 29.8 Å². The molecule has 1 unspecified atom stereocenters. The maximum atomic E-state index is 12.6. The van der Waals surface area contributed by atoms with Crippen LogP contribution in [0.25, 0.3) is 0 Å². The molecule has 0 aliphatic carbocycles. The Balaban J connectivity index is 1.63. The van der Waals surface area contributed by atoms with Crippen LogP contribution >= 0.6 is 0 Å². The Labute approximate surface area is 155 Å². The summed E-state index contributed by atoms with van der Waals surface area (Å²) >= 11 is 0. The minimum absolute atomic E-state index is 0.0662. The number of nitrogens with zero attached hydrogens (tertiary/aromatic N) is 1. The molecule has 1 aliphatic heterocycles. The summed E-state index contributed by atoms with van der Waals surface area (Å²) in [7, 11) is 0. The van der Waals surface area contributed by atoms with E-state index in [1.165, 1.54) is 12.8 Å². The second kappa shape index (κ2) is 8.65. The number of carbonyl (C=O) groups is 2. The van der Waals surface area contributed by atoms with Crippen molar-refractivity contribution in [3.63, 3.8) is 0 Å². The molecule has 1 aliphatic rings. The van der Waals surface area contributed by atoms with Crippen molar-refractivity contribution in [2.75, 3.05) is 13.1 Å². The summed E-state index contributed by atoms with van der Waals surface area (Å²) < 4.78 is 0. The van der Waals surface area contributed by atoms with Crippen LogP contribution in [-0.2, 0) is 0 Å². The first-order chi connectivity index (χ1) is 12.6. The molecule has 0 bridgehead atoms. The molecule has 4 heteroatoms. The molecular weight excluding hydrogens is 324 g/mol. The summed E-state index contributed by atoms with van der Waals surface area (Å²) in [6.45, 7) is 3.62. The molecule has 1 saturated heterocycles. The van der Waals surface area contributed by atoms with E-state index in [2.05, 4.69) is 5.32 Å². The second-order valence-corrected chi connectivity index (χ2v) is 6.89. The topological polar surface area (TPSA) is 49.4 Å². The third-order valence-electron chi connectivity index (χ3n) is 4.93. The average molecular weight is 350 g/mol. The van der Waals surface area contributed by atoms with Crippen molar-refractivity contribution in [2.24, 2.45) is 0 Å². The highest BCUT2D eigenvalue weighted by molar-refractivity contribution is 5.98. The number of rotatable bonds is 4. The van der Waals surface area contributed by atoms with Crippen LogP contribution in [0.4, 0.5) is 0 Å². The van der Waals surface area contributed by atoms with E-state index in [0.717, 1.165) is 31.5 Å². The van der Waals surface area contributed by atoms with Gasteiger partial charge in [0.25, 0.3) is 11.8 Å². The number of likely N-dealkylation sites (tertiary alicyclic amines) is 1. The fraction of sp³-hybridized carbons (Fsp3) is 0.364. The van der Waals surface area contributed by atoms with Crippen molar-refractivity contribution in [2.45, 2.75) is 38.6 Å². The van der Waals surface area contributed by atoms with Gasteiger partial charge in [-0.2, -0.15) is 0 Å². The average Bonchev–Trinajstić information content (AvgIpc) is 2.97. The minimum Gasteiger partial charge on any atom is -0.346 e. The van der Waals surface area contributed by atoms with Gasteiger partial charge in [0.1, 0.15) is 0 Å². The monoisotopic (exact) mass is 350 g/mol. The number of amides is 2. The summed E-state index contributed by atoms with van der Waals surface area (Å²) in [5.74, 6) is -0.0633. The Hall–Kier alpha value is -2.62. The van der Waals surface area contributed by atoms with Crippen molar-refractivity contribution in [3.8, 4) is 0 Å². The van der Waals surface area contributed by atoms with Gasteiger partial charge in [-0.1, -0.05) is 43.2 Å². The molecule has 1 atom stereocenters. The first-order valence-electron chi connectivity index (χ1n) is 9.40. The van der Waals surface area contributed by atoms with E-state index in [1.54, 1.807) is 24.3 Å². The fourth-order valence-electron chi connectivity index (χ4n) is 3.33. The molecule has 1 fully saturated rings. The van der Waals surface area contributed by atoms with Gasteiger partial charge in [-0.15, -0.1) is 0 Å². The molecule has 0 radical (unpaired) electrons. The lowest BCUT2D eigenvalue weighted by Crippen LogP contribution is -2.32. The zero-order valence-corrected chi connectivity index (χ0v) is 15.3. The van der Waals surface area contributed by atoms with E-state index >= 15 is 0 Å². The standard InChI is InChI=1S/C22H26N2O2/c1-17(18-9-5-4-6-10-18)23-21(25)19-11-13-20(14-12-19)22(26)24-15-7-2-3-8-16-24/h4-6,9-14,17H,2-3,7-8,15-16H2,1H3,(H,23,25). The minimum atomic E-state index is -0.130. The van der Waals surface area contributed by atoms with Crippen LogP contribution in [0.3, 0.4) is 0 Å². The smallest absolute Gasteiger partial charge is 0.253 e. The second-order valence-electron chi connectivity index (χ2n) is 6.89. The lowest BCUT2D eigenvalue weighted by Gasteiger charge is -2.20. The van der Waals surface area contributed by atoms with E-state index in [1.807, 2.05) is 42.2 Å². The molecule has 136 valence electrons. The maximum absolute atomic E-state index is 12.6. The van der Waals surface area contributed by atoms with Gasteiger partial charge in [0, 0.05) is 24.2 Å². The zero-order valence-electron chi connectivity index (χ0n) is 15.3. The normalized spacial score (nSPS) is 15.8. The Kier molecular flexibility index (Phi) is 6.05. The van der Waals surface area contributed by atoms with Gasteiger partial charge < -0.3 is 10.2 Å². The molecule has 0 saturated carbocycles. The van der Waals surface area contributed by atoms with Crippen molar-refractivity contribution in [1.82, 2.24) is 10.2 Å². The van der Waals surface area contributed by atoms with E-state index < -0.39 is 0 Å². The molecule has 1 N–H and O–H groups in total. The predicted octanol–water partition coefficient (Wildman–Crippen LogP) is 4.19. The highest BCUT2D eigenvalue weighted by Crippen LogP contribution is 2.15. The summed E-state index contributed by atoms with van der Waals surface area (Å²) in [5.41, 5.74) is 2.29. The molecule has 3 rings (SSSR count). The number of hydrogen-bond donors (Lipinski definition) is 1. The molecule has 2 aromatic carbocycles. The summed E-state index contributed by atoms with van der Waals surface area (Å²) in [6, 6.07) is 16.8. The van der Waals surface area contributed by atoms with Crippen LogP contribution in [0.1, 0.15) is 64.9 Å². The van der Waals surface area contributed by atoms with Gasteiger partial charge >= 0.3 is 0 Å². The number of benzene rings is 2. The lowest BCUT2D eigenvalue weighted by atomic mass is 10.1. The van der Waals surface area contributed by atoms with E-state index in [9.17, 15) is 9.59 Å². The van der Waals surface area contributed by atoms with Gasteiger partial charge in [-0.3, -0.25) is 9.59 Å². The van der Waals surface area contributed by atoms with Crippen molar-refractivity contribution in [3.05, 3.63) is 71.3 Å². The Morgan fingerprint density at radius 2 is 1.42 bits per heavy atom. The molecule has 4 nitrogen and oxygen atoms in total. The lowest BCUT2D eigenvalue weighted by molar-refractivity contribution is 0.0761. The van der Waals surface area contributed by atoms with E-state index in [4.69, 9.17) is 0 Å². The van der Waals surface area contributed by atoms with Crippen LogP contribution in [0.15, 0.2) is 54.6 Å². The summed E-state index contributed by atoms with van der Waals surface area (Å²) in [6.07, 6.45) is 4.54. The number of hydrogen-bond acceptors (Lipinski definition) is 2. The van der Waals surface area contributed by atoms with E-state index in [0.29, 0.717) is 11.1 Å². The molecule has 2 aromatic rings. The van der Waals surface area contributed by atoms with Crippen molar-refractivity contribution < 1.29 is 9.59 Å². The number of nitrogens with one attached hydrogen (secondary N) is 1. The molecular formula is C22H26N2O2. The first kappa shape index (κ1) is 18.2. The van der Waals surface area contributed by atoms with Crippen LogP contribution in [0.2, 0.25) is 0 Å². The largest absolute Gasteiger partial charge is 0.346 e. The third-order valence-corrected chi connectivity index (χ3v) is 4.93. The van der Waals surface area contributed by atoms with Crippen LogP contribution < -0.4 is 5.32 Å². The number of carbonyl (C=O) groups excluding carboxylic acids is 2. The van der Waals surface area contributed by atoms with Crippen LogP contribution in [0.5, 0.6) is 0 Å². The quantitative estimate of drug-likeness (QED) is 0.899. The van der Waals surface area contributed by atoms with Gasteiger partial charge in [0.2, 0.25) is 0 Å².